The smallest absolute Gasteiger partial charge is 0.407 e. The molecule has 0 aliphatic carbocycles. The molecule has 15 heteroatoms. The number of rotatable bonds is 9. The second-order valence-corrected chi connectivity index (χ2v) is 14.4. The second kappa shape index (κ2) is 17.1. The maximum Gasteiger partial charge on any atom is 0.407 e. The Balaban J connectivity index is 1.13. The number of amides is 4. The van der Waals surface area contributed by atoms with Crippen molar-refractivity contribution in [2.45, 2.75) is 64.7 Å². The molecule has 55 heavy (non-hydrogen) atoms. The first-order valence-electron chi connectivity index (χ1n) is 18.5. The Hall–Kier alpha value is -5.88. The number of nitrogens with one attached hydrogen (secondary N) is 4. The zero-order chi connectivity index (χ0) is 39.2. The van der Waals surface area contributed by atoms with Gasteiger partial charge in [0.05, 0.1) is 56.4 Å². The summed E-state index contributed by atoms with van der Waals surface area (Å²) in [6.45, 7) is 9.13. The Morgan fingerprint density at radius 3 is 2.07 bits per heavy atom. The van der Waals surface area contributed by atoms with Crippen LogP contribution in [0.3, 0.4) is 0 Å². The molecule has 290 valence electrons. The van der Waals surface area contributed by atoms with Crippen molar-refractivity contribution in [2.24, 2.45) is 11.8 Å². The molecule has 2 aliphatic rings. The zero-order valence-electron chi connectivity index (χ0n) is 32.0. The van der Waals surface area contributed by atoms with Gasteiger partial charge in [0.15, 0.2) is 0 Å². The lowest BCUT2D eigenvalue weighted by Gasteiger charge is -2.37. The molecule has 4 amide bonds. The fourth-order valence-electron chi connectivity index (χ4n) is 6.96. The number of carbonyl (C=O) groups is 4. The number of carbonyl (C=O) groups excluding carboxylic acids is 4. The van der Waals surface area contributed by atoms with E-state index in [4.69, 9.17) is 19.2 Å². The molecule has 2 saturated heterocycles. The highest BCUT2D eigenvalue weighted by molar-refractivity contribution is 5.87. The number of fused-ring (bicyclic) bond motifs is 1. The highest BCUT2D eigenvalue weighted by Crippen LogP contribution is 2.33. The number of H-pyrrole nitrogens is 2. The van der Waals surface area contributed by atoms with E-state index in [0.29, 0.717) is 31.3 Å². The maximum atomic E-state index is 13.6. The van der Waals surface area contributed by atoms with Gasteiger partial charge in [0.1, 0.15) is 29.8 Å². The number of aromatic amines is 2. The summed E-state index contributed by atoms with van der Waals surface area (Å²) in [5.74, 6) is 7.13. The van der Waals surface area contributed by atoms with E-state index in [1.54, 1.807) is 16.0 Å². The number of hydrogen-bond acceptors (Lipinski definition) is 9. The summed E-state index contributed by atoms with van der Waals surface area (Å²) < 4.78 is 15.2. The molecule has 0 saturated carbocycles. The van der Waals surface area contributed by atoms with Crippen molar-refractivity contribution in [1.82, 2.24) is 40.4 Å². The molecule has 4 atom stereocenters. The summed E-state index contributed by atoms with van der Waals surface area (Å²) >= 11 is 0. The number of aromatic nitrogens is 4. The van der Waals surface area contributed by atoms with Crippen molar-refractivity contribution in [1.29, 1.82) is 0 Å². The molecule has 4 N–H and O–H groups in total. The number of benzene rings is 2. The minimum atomic E-state index is -0.753. The van der Waals surface area contributed by atoms with E-state index in [1.165, 1.54) is 14.2 Å². The molecule has 4 aromatic rings. The van der Waals surface area contributed by atoms with Gasteiger partial charge in [-0.2, -0.15) is 0 Å². The lowest BCUT2D eigenvalue weighted by Crippen LogP contribution is -2.54. The van der Waals surface area contributed by atoms with Gasteiger partial charge in [-0.1, -0.05) is 51.7 Å². The Bertz CT molecular complexity index is 2080. The predicted octanol–water partition coefficient (Wildman–Crippen LogP) is 4.68. The summed E-state index contributed by atoms with van der Waals surface area (Å²) in [5, 5.41) is 5.35. The number of ether oxygens (including phenoxy) is 3. The number of methoxy groups -OCH3 is 2. The van der Waals surface area contributed by atoms with Gasteiger partial charge in [-0.25, -0.2) is 19.6 Å². The van der Waals surface area contributed by atoms with Crippen LogP contribution >= 0.6 is 0 Å². The first-order chi connectivity index (χ1) is 26.5. The van der Waals surface area contributed by atoms with Crippen molar-refractivity contribution >= 4 is 35.0 Å². The molecule has 15 nitrogen and oxygen atoms in total. The van der Waals surface area contributed by atoms with Crippen LogP contribution in [-0.2, 0) is 23.8 Å². The van der Waals surface area contributed by atoms with E-state index < -0.39 is 30.3 Å². The van der Waals surface area contributed by atoms with Crippen molar-refractivity contribution < 1.29 is 33.4 Å². The number of morpholine rings is 1. The highest BCUT2D eigenvalue weighted by Gasteiger charge is 2.38. The molecule has 2 aliphatic heterocycles. The summed E-state index contributed by atoms with van der Waals surface area (Å²) in [7, 11) is 2.55. The van der Waals surface area contributed by atoms with Crippen molar-refractivity contribution in [3.8, 4) is 23.1 Å². The topological polar surface area (TPSA) is 184 Å². The third kappa shape index (κ3) is 8.76. The standard InChI is InChI=1S/C40H48N8O7/c1-23(2)33(45-39(51)53-5)37(49)47-17-7-8-31(47)36-42-28-16-13-26(20-29(28)43-36)10-9-25-11-14-27(15-12-25)30-21-41-35(44-30)32-22-55-19-18-48(32)38(50)34(24(3)4)46-40(52)54-6/h11-16,20-21,23-24,31-34H,7-8,17-19,22H2,1-6H3,(H,41,44)(H,42,43)(H,45,51)(H,46,52). The fraction of sp³-hybridized carbons (Fsp3) is 0.450. The number of likely N-dealkylation sites (tertiary alicyclic amines) is 1. The first kappa shape index (κ1) is 38.8. The van der Waals surface area contributed by atoms with Crippen LogP contribution in [-0.4, -0.2) is 106 Å². The van der Waals surface area contributed by atoms with Crippen LogP contribution in [0.4, 0.5) is 9.59 Å². The summed E-state index contributed by atoms with van der Waals surface area (Å²) in [6.07, 6.45) is 2.04. The van der Waals surface area contributed by atoms with Gasteiger partial charge in [-0.3, -0.25) is 9.59 Å². The summed E-state index contributed by atoms with van der Waals surface area (Å²) in [4.78, 5) is 70.7. The lowest BCUT2D eigenvalue weighted by molar-refractivity contribution is -0.143. The molecule has 0 bridgehead atoms. The average molecular weight is 753 g/mol. The predicted molar refractivity (Wildman–Crippen MR) is 203 cm³/mol. The third-order valence-corrected chi connectivity index (χ3v) is 10.0. The molecule has 2 aromatic carbocycles. The highest BCUT2D eigenvalue weighted by atomic mass is 16.5. The van der Waals surface area contributed by atoms with Crippen LogP contribution in [0.2, 0.25) is 0 Å². The quantitative estimate of drug-likeness (QED) is 0.177. The monoisotopic (exact) mass is 752 g/mol. The molecule has 4 heterocycles. The van der Waals surface area contributed by atoms with Crippen LogP contribution in [0.5, 0.6) is 0 Å². The molecule has 4 unspecified atom stereocenters. The molecular weight excluding hydrogens is 704 g/mol. The van der Waals surface area contributed by atoms with Gasteiger partial charge in [-0.05, 0) is 60.6 Å². The van der Waals surface area contributed by atoms with E-state index in [0.717, 1.165) is 46.3 Å². The maximum absolute atomic E-state index is 13.6. The first-order valence-corrected chi connectivity index (χ1v) is 18.5. The molecular formula is C40H48N8O7. The van der Waals surface area contributed by atoms with Gasteiger partial charge in [0.25, 0.3) is 0 Å². The van der Waals surface area contributed by atoms with Crippen LogP contribution in [0.15, 0.2) is 48.7 Å². The van der Waals surface area contributed by atoms with E-state index in [-0.39, 0.29) is 36.3 Å². The fourth-order valence-corrected chi connectivity index (χ4v) is 6.96. The summed E-state index contributed by atoms with van der Waals surface area (Å²) in [5.41, 5.74) is 4.91. The van der Waals surface area contributed by atoms with Gasteiger partial charge >= 0.3 is 12.2 Å². The van der Waals surface area contributed by atoms with Crippen LogP contribution in [0, 0.1) is 23.7 Å². The Morgan fingerprint density at radius 1 is 0.818 bits per heavy atom. The van der Waals surface area contributed by atoms with Crippen molar-refractivity contribution in [2.75, 3.05) is 40.5 Å². The Labute approximate surface area is 319 Å². The third-order valence-electron chi connectivity index (χ3n) is 10.0. The van der Waals surface area contributed by atoms with E-state index in [1.807, 2.05) is 70.2 Å². The second-order valence-electron chi connectivity index (χ2n) is 14.4. The van der Waals surface area contributed by atoms with Gasteiger partial charge in [0, 0.05) is 24.2 Å². The Kier molecular flexibility index (Phi) is 12.1. The van der Waals surface area contributed by atoms with Crippen molar-refractivity contribution in [3.05, 3.63) is 71.4 Å². The molecule has 6 rings (SSSR count). The number of hydrogen-bond donors (Lipinski definition) is 4. The molecule has 2 fully saturated rings. The van der Waals surface area contributed by atoms with Crippen LogP contribution < -0.4 is 10.6 Å². The van der Waals surface area contributed by atoms with E-state index in [2.05, 4.69) is 37.4 Å². The molecule has 2 aromatic heterocycles. The van der Waals surface area contributed by atoms with Crippen LogP contribution in [0.1, 0.15) is 75.4 Å². The van der Waals surface area contributed by atoms with Gasteiger partial charge in [-0.15, -0.1) is 0 Å². The van der Waals surface area contributed by atoms with Crippen molar-refractivity contribution in [3.63, 3.8) is 0 Å². The molecule has 0 spiro atoms. The number of alkyl carbamates (subject to hydrolysis) is 2. The van der Waals surface area contributed by atoms with E-state index >= 15 is 0 Å². The number of imidazole rings is 2. The van der Waals surface area contributed by atoms with Crippen LogP contribution in [0.25, 0.3) is 22.3 Å². The van der Waals surface area contributed by atoms with Gasteiger partial charge < -0.3 is 44.6 Å². The lowest BCUT2D eigenvalue weighted by atomic mass is 10.0. The molecule has 0 radical (unpaired) electrons. The van der Waals surface area contributed by atoms with Gasteiger partial charge in [0.2, 0.25) is 11.8 Å². The largest absolute Gasteiger partial charge is 0.453 e. The number of nitrogens with zero attached hydrogens (tertiary/aromatic N) is 4. The minimum absolute atomic E-state index is 0.117. The minimum Gasteiger partial charge on any atom is -0.453 e. The summed E-state index contributed by atoms with van der Waals surface area (Å²) in [6, 6.07) is 11.4. The average Bonchev–Trinajstić information content (AvgIpc) is 3.98. The zero-order valence-corrected chi connectivity index (χ0v) is 32.0. The van der Waals surface area contributed by atoms with E-state index in [9.17, 15) is 19.2 Å². The SMILES string of the molecule is COC(=O)NC(C(=O)N1CCOCC1c1ncc(-c2ccc(C#Cc3ccc4nc(C5CCCN5C(=O)C(NC(=O)OC)C(C)C)[nH]c4c3)cc2)[nH]1)C(C)C. The normalized spacial score (nSPS) is 18.1. The Morgan fingerprint density at radius 2 is 1.44 bits per heavy atom.